The molecule has 0 bridgehead atoms. The van der Waals surface area contributed by atoms with E-state index in [1.807, 2.05) is 30.3 Å². The van der Waals surface area contributed by atoms with Gasteiger partial charge in [-0.25, -0.2) is 9.18 Å². The molecule has 2 amide bonds. The van der Waals surface area contributed by atoms with Crippen LogP contribution in [0.3, 0.4) is 0 Å². The molecule has 0 heterocycles. The average molecular weight is 342 g/mol. The summed E-state index contributed by atoms with van der Waals surface area (Å²) >= 11 is 0. The van der Waals surface area contributed by atoms with Crippen molar-refractivity contribution in [1.29, 1.82) is 0 Å². The maximum absolute atomic E-state index is 13.6. The molecule has 5 heteroatoms. The normalized spacial score (nSPS) is 16.2. The molecule has 0 radical (unpaired) electrons. The van der Waals surface area contributed by atoms with Crippen molar-refractivity contribution >= 4 is 6.03 Å². The van der Waals surface area contributed by atoms with E-state index in [0.29, 0.717) is 6.54 Å². The number of amides is 2. The zero-order chi connectivity index (χ0) is 17.6. The van der Waals surface area contributed by atoms with Gasteiger partial charge in [0.1, 0.15) is 5.82 Å². The van der Waals surface area contributed by atoms with E-state index >= 15 is 0 Å². The number of carbonyl (C=O) groups excluding carboxylic acids is 1. The average Bonchev–Trinajstić information content (AvgIpc) is 2.63. The van der Waals surface area contributed by atoms with Crippen molar-refractivity contribution in [3.63, 3.8) is 0 Å². The third-order valence-corrected chi connectivity index (χ3v) is 4.59. The van der Waals surface area contributed by atoms with Crippen LogP contribution < -0.4 is 5.32 Å². The molecule has 3 rings (SSSR count). The number of carbonyl (C=O) groups is 1. The molecule has 1 unspecified atom stereocenters. The zero-order valence-electron chi connectivity index (χ0n) is 14.1. The number of nitrogens with one attached hydrogen (secondary N) is 1. The van der Waals surface area contributed by atoms with Crippen LogP contribution in [-0.4, -0.2) is 29.2 Å². The quantitative estimate of drug-likeness (QED) is 0.875. The molecule has 25 heavy (non-hydrogen) atoms. The lowest BCUT2D eigenvalue weighted by atomic mass is 9.87. The molecule has 2 aromatic carbocycles. The van der Waals surface area contributed by atoms with E-state index in [1.165, 1.54) is 12.1 Å². The van der Waals surface area contributed by atoms with E-state index in [4.69, 9.17) is 0 Å². The Hall–Kier alpha value is -2.40. The lowest BCUT2D eigenvalue weighted by molar-refractivity contribution is 0.169. The van der Waals surface area contributed by atoms with Crippen LogP contribution in [0.25, 0.3) is 0 Å². The minimum Gasteiger partial charge on any atom is -0.395 e. The van der Waals surface area contributed by atoms with Gasteiger partial charge in [0.25, 0.3) is 0 Å². The first kappa shape index (κ1) is 17.4. The SMILES string of the molecule is O=C(NC1CCCc2ccc(F)cc21)N(CCO)Cc1ccccc1. The van der Waals surface area contributed by atoms with Crippen LogP contribution in [0.5, 0.6) is 0 Å². The second kappa shape index (κ2) is 8.12. The molecule has 0 saturated heterocycles. The first-order chi connectivity index (χ1) is 12.2. The van der Waals surface area contributed by atoms with Gasteiger partial charge in [0.15, 0.2) is 0 Å². The number of benzene rings is 2. The molecule has 0 spiro atoms. The highest BCUT2D eigenvalue weighted by Gasteiger charge is 2.24. The smallest absolute Gasteiger partial charge is 0.318 e. The number of fused-ring (bicyclic) bond motifs is 1. The minimum atomic E-state index is -0.281. The van der Waals surface area contributed by atoms with Gasteiger partial charge in [-0.3, -0.25) is 0 Å². The Morgan fingerprint density at radius 1 is 1.24 bits per heavy atom. The number of aliphatic hydroxyl groups excluding tert-OH is 1. The summed E-state index contributed by atoms with van der Waals surface area (Å²) < 4.78 is 13.6. The summed E-state index contributed by atoms with van der Waals surface area (Å²) in [5.41, 5.74) is 2.96. The Morgan fingerprint density at radius 2 is 2.04 bits per heavy atom. The third-order valence-electron chi connectivity index (χ3n) is 4.59. The summed E-state index contributed by atoms with van der Waals surface area (Å²) in [6.45, 7) is 0.579. The molecule has 0 fully saturated rings. The first-order valence-electron chi connectivity index (χ1n) is 8.66. The van der Waals surface area contributed by atoms with Crippen molar-refractivity contribution < 1.29 is 14.3 Å². The Balaban J connectivity index is 1.73. The fraction of sp³-hybridized carbons (Fsp3) is 0.350. The molecule has 1 aliphatic rings. The molecule has 0 saturated carbocycles. The molecule has 2 N–H and O–H groups in total. The number of aliphatic hydroxyl groups is 1. The van der Waals surface area contributed by atoms with E-state index in [9.17, 15) is 14.3 Å². The summed E-state index contributed by atoms with van der Waals surface area (Å²) in [4.78, 5) is 14.3. The summed E-state index contributed by atoms with van der Waals surface area (Å²) in [5, 5.41) is 12.3. The Morgan fingerprint density at radius 3 is 2.80 bits per heavy atom. The van der Waals surface area contributed by atoms with Gasteiger partial charge in [0.05, 0.1) is 12.6 Å². The van der Waals surface area contributed by atoms with Crippen LogP contribution in [0.15, 0.2) is 48.5 Å². The van der Waals surface area contributed by atoms with E-state index in [-0.39, 0.29) is 31.0 Å². The number of hydrogen-bond donors (Lipinski definition) is 2. The van der Waals surface area contributed by atoms with Gasteiger partial charge < -0.3 is 15.3 Å². The fourth-order valence-corrected chi connectivity index (χ4v) is 3.34. The van der Waals surface area contributed by atoms with Crippen molar-refractivity contribution in [2.24, 2.45) is 0 Å². The fourth-order valence-electron chi connectivity index (χ4n) is 3.34. The van der Waals surface area contributed by atoms with E-state index in [0.717, 1.165) is 36.0 Å². The standard InChI is InChI=1S/C20H23FN2O2/c21-17-10-9-16-7-4-8-19(18(16)13-17)22-20(25)23(11-12-24)14-15-5-2-1-3-6-15/h1-3,5-6,9-10,13,19,24H,4,7-8,11-12,14H2,(H,22,25). The first-order valence-corrected chi connectivity index (χ1v) is 8.66. The molecule has 4 nitrogen and oxygen atoms in total. The van der Waals surface area contributed by atoms with Crippen LogP contribution in [0, 0.1) is 5.82 Å². The highest BCUT2D eigenvalue weighted by Crippen LogP contribution is 2.30. The van der Waals surface area contributed by atoms with Gasteiger partial charge in [-0.05, 0) is 48.1 Å². The lowest BCUT2D eigenvalue weighted by Crippen LogP contribution is -2.43. The van der Waals surface area contributed by atoms with Crippen molar-refractivity contribution in [2.75, 3.05) is 13.2 Å². The number of nitrogens with zero attached hydrogens (tertiary/aromatic N) is 1. The van der Waals surface area contributed by atoms with Crippen molar-refractivity contribution in [3.8, 4) is 0 Å². The predicted octanol–water partition coefficient (Wildman–Crippen LogP) is 3.41. The summed E-state index contributed by atoms with van der Waals surface area (Å²) in [6.07, 6.45) is 2.66. The topological polar surface area (TPSA) is 52.6 Å². The molecule has 132 valence electrons. The number of aryl methyl sites for hydroxylation is 1. The summed E-state index contributed by atoms with van der Waals surface area (Å²) in [6, 6.07) is 14.0. The second-order valence-electron chi connectivity index (χ2n) is 6.37. The van der Waals surface area contributed by atoms with Crippen molar-refractivity contribution in [3.05, 3.63) is 71.0 Å². The molecule has 1 atom stereocenters. The Labute approximate surface area is 147 Å². The maximum atomic E-state index is 13.6. The van der Waals surface area contributed by atoms with E-state index < -0.39 is 0 Å². The molecule has 2 aromatic rings. The van der Waals surface area contributed by atoms with Crippen molar-refractivity contribution in [1.82, 2.24) is 10.2 Å². The minimum absolute atomic E-state index is 0.101. The van der Waals surface area contributed by atoms with Gasteiger partial charge in [-0.15, -0.1) is 0 Å². The molecule has 0 aromatic heterocycles. The van der Waals surface area contributed by atoms with Crippen molar-refractivity contribution in [2.45, 2.75) is 31.8 Å². The number of hydrogen-bond acceptors (Lipinski definition) is 2. The molecule has 0 aliphatic heterocycles. The van der Waals surface area contributed by atoms with E-state index in [1.54, 1.807) is 11.0 Å². The van der Waals surface area contributed by atoms with E-state index in [2.05, 4.69) is 5.32 Å². The third kappa shape index (κ3) is 4.37. The number of halogens is 1. The van der Waals surface area contributed by atoms with Crippen LogP contribution in [0.4, 0.5) is 9.18 Å². The Bertz CT molecular complexity index is 721. The highest BCUT2D eigenvalue weighted by atomic mass is 19.1. The van der Waals surface area contributed by atoms with Crippen LogP contribution in [0.2, 0.25) is 0 Å². The second-order valence-corrected chi connectivity index (χ2v) is 6.37. The van der Waals surface area contributed by atoms with Crippen LogP contribution in [-0.2, 0) is 13.0 Å². The largest absolute Gasteiger partial charge is 0.395 e. The Kier molecular flexibility index (Phi) is 5.66. The highest BCUT2D eigenvalue weighted by molar-refractivity contribution is 5.75. The monoisotopic (exact) mass is 342 g/mol. The van der Waals surface area contributed by atoms with Gasteiger partial charge in [-0.1, -0.05) is 36.4 Å². The van der Waals surface area contributed by atoms with Gasteiger partial charge in [0.2, 0.25) is 0 Å². The molecular weight excluding hydrogens is 319 g/mol. The van der Waals surface area contributed by atoms with Gasteiger partial charge >= 0.3 is 6.03 Å². The number of urea groups is 1. The van der Waals surface area contributed by atoms with Gasteiger partial charge in [-0.2, -0.15) is 0 Å². The molecule has 1 aliphatic carbocycles. The summed E-state index contributed by atoms with van der Waals surface area (Å²) in [5.74, 6) is -0.281. The summed E-state index contributed by atoms with van der Waals surface area (Å²) in [7, 11) is 0. The van der Waals surface area contributed by atoms with Crippen LogP contribution >= 0.6 is 0 Å². The lowest BCUT2D eigenvalue weighted by Gasteiger charge is -2.30. The zero-order valence-corrected chi connectivity index (χ0v) is 14.1. The van der Waals surface area contributed by atoms with Gasteiger partial charge in [0, 0.05) is 13.1 Å². The number of rotatable bonds is 5. The van der Waals surface area contributed by atoms with Crippen LogP contribution in [0.1, 0.15) is 35.6 Å². The predicted molar refractivity (Wildman–Crippen MR) is 94.5 cm³/mol. The maximum Gasteiger partial charge on any atom is 0.318 e. The molecular formula is C20H23FN2O2.